The fourth-order valence-corrected chi connectivity index (χ4v) is 2.80. The van der Waals surface area contributed by atoms with Crippen LogP contribution in [0.2, 0.25) is 0 Å². The van der Waals surface area contributed by atoms with Crippen LogP contribution in [-0.2, 0) is 14.3 Å². The third-order valence-corrected chi connectivity index (χ3v) is 4.26. The van der Waals surface area contributed by atoms with Crippen molar-refractivity contribution in [2.24, 2.45) is 0 Å². The van der Waals surface area contributed by atoms with Crippen LogP contribution in [0.4, 0.5) is 11.4 Å². The van der Waals surface area contributed by atoms with Gasteiger partial charge in [-0.25, -0.2) is 0 Å². The normalized spacial score (nSPS) is 10.0. The van der Waals surface area contributed by atoms with Crippen molar-refractivity contribution in [3.63, 3.8) is 0 Å². The van der Waals surface area contributed by atoms with E-state index in [4.69, 9.17) is 12.2 Å². The van der Waals surface area contributed by atoms with E-state index in [1.165, 1.54) is 7.11 Å². The maximum atomic E-state index is 12.8. The molecule has 0 radical (unpaired) electrons. The second-order valence-corrected chi connectivity index (χ2v) is 6.45. The summed E-state index contributed by atoms with van der Waals surface area (Å²) >= 11 is 5.09. The van der Waals surface area contributed by atoms with Gasteiger partial charge in [-0.05, 0) is 55.5 Å². The van der Waals surface area contributed by atoms with Gasteiger partial charge < -0.3 is 20.3 Å². The van der Waals surface area contributed by atoms with E-state index in [0.717, 1.165) is 5.69 Å². The smallest absolute Gasteiger partial charge is 0.306 e. The number of methoxy groups -OCH3 is 1. The lowest BCUT2D eigenvalue weighted by molar-refractivity contribution is -0.142. The monoisotopic (exact) mass is 413 g/mol. The van der Waals surface area contributed by atoms with Crippen LogP contribution in [0.1, 0.15) is 30.1 Å². The van der Waals surface area contributed by atoms with E-state index in [9.17, 15) is 14.4 Å². The van der Waals surface area contributed by atoms with E-state index in [-0.39, 0.29) is 29.8 Å². The SMILES string of the molecule is CCN(C(=O)c1ccc(NC(=S)NC(=O)CCC(=O)OC)cc1)c1ccccc1. The molecule has 0 aliphatic rings. The van der Waals surface area contributed by atoms with Gasteiger partial charge in [-0.15, -0.1) is 0 Å². The van der Waals surface area contributed by atoms with Crippen LogP contribution in [0.5, 0.6) is 0 Å². The minimum atomic E-state index is -0.462. The highest BCUT2D eigenvalue weighted by molar-refractivity contribution is 7.80. The zero-order chi connectivity index (χ0) is 21.2. The van der Waals surface area contributed by atoms with Crippen molar-refractivity contribution in [2.75, 3.05) is 23.9 Å². The van der Waals surface area contributed by atoms with Crippen molar-refractivity contribution in [1.29, 1.82) is 0 Å². The minimum absolute atomic E-state index is 0.0168. The van der Waals surface area contributed by atoms with Gasteiger partial charge in [-0.2, -0.15) is 0 Å². The molecule has 2 amide bonds. The Morgan fingerprint density at radius 1 is 1.00 bits per heavy atom. The molecule has 0 aromatic heterocycles. The van der Waals surface area contributed by atoms with Crippen LogP contribution < -0.4 is 15.5 Å². The molecule has 2 N–H and O–H groups in total. The Labute approximate surface area is 175 Å². The summed E-state index contributed by atoms with van der Waals surface area (Å²) in [6, 6.07) is 16.3. The first-order valence-corrected chi connectivity index (χ1v) is 9.50. The van der Waals surface area contributed by atoms with E-state index >= 15 is 0 Å². The average Bonchev–Trinajstić information content (AvgIpc) is 2.73. The van der Waals surface area contributed by atoms with Crippen LogP contribution in [0.15, 0.2) is 54.6 Å². The first kappa shape index (κ1) is 22.0. The van der Waals surface area contributed by atoms with Crippen LogP contribution in [0.3, 0.4) is 0 Å². The molecule has 0 aliphatic carbocycles. The number of anilines is 2. The van der Waals surface area contributed by atoms with Gasteiger partial charge in [0.25, 0.3) is 5.91 Å². The molecule has 2 aromatic rings. The molecule has 0 atom stereocenters. The Morgan fingerprint density at radius 2 is 1.66 bits per heavy atom. The van der Waals surface area contributed by atoms with E-state index in [2.05, 4.69) is 15.4 Å². The highest BCUT2D eigenvalue weighted by Gasteiger charge is 2.16. The maximum absolute atomic E-state index is 12.8. The standard InChI is InChI=1S/C21H23N3O4S/c1-3-24(17-7-5-4-6-8-17)20(27)15-9-11-16(12-10-15)22-21(29)23-18(25)13-14-19(26)28-2/h4-12H,3,13-14H2,1-2H3,(H2,22,23,25,29). The van der Waals surface area contributed by atoms with Crippen molar-refractivity contribution in [2.45, 2.75) is 19.8 Å². The number of thiocarbonyl (C=S) groups is 1. The lowest BCUT2D eigenvalue weighted by atomic mass is 10.1. The molecule has 0 heterocycles. The molecule has 0 fully saturated rings. The summed E-state index contributed by atoms with van der Waals surface area (Å²) in [6.45, 7) is 2.46. The number of benzene rings is 2. The number of rotatable bonds is 7. The first-order chi connectivity index (χ1) is 13.9. The zero-order valence-electron chi connectivity index (χ0n) is 16.3. The van der Waals surface area contributed by atoms with Gasteiger partial charge >= 0.3 is 5.97 Å². The molecule has 29 heavy (non-hydrogen) atoms. The summed E-state index contributed by atoms with van der Waals surface area (Å²) in [5.41, 5.74) is 2.00. The van der Waals surface area contributed by atoms with Gasteiger partial charge in [-0.1, -0.05) is 18.2 Å². The molecule has 0 saturated heterocycles. The largest absolute Gasteiger partial charge is 0.469 e. The van der Waals surface area contributed by atoms with Crippen molar-refractivity contribution in [3.8, 4) is 0 Å². The van der Waals surface area contributed by atoms with E-state index in [1.807, 2.05) is 37.3 Å². The van der Waals surface area contributed by atoms with Crippen molar-refractivity contribution in [3.05, 3.63) is 60.2 Å². The highest BCUT2D eigenvalue weighted by atomic mass is 32.1. The predicted octanol–water partition coefficient (Wildman–Crippen LogP) is 3.12. The number of carbonyl (C=O) groups is 3. The van der Waals surface area contributed by atoms with E-state index < -0.39 is 5.97 Å². The number of hydrogen-bond acceptors (Lipinski definition) is 5. The number of esters is 1. The van der Waals surface area contributed by atoms with Crippen LogP contribution in [-0.4, -0.2) is 36.6 Å². The van der Waals surface area contributed by atoms with Gasteiger partial charge in [0.2, 0.25) is 5.91 Å². The van der Waals surface area contributed by atoms with Crippen molar-refractivity contribution in [1.82, 2.24) is 5.32 Å². The lowest BCUT2D eigenvalue weighted by Crippen LogP contribution is -2.34. The molecule has 7 nitrogen and oxygen atoms in total. The summed E-state index contributed by atoms with van der Waals surface area (Å²) in [6.07, 6.45) is -0.0363. The maximum Gasteiger partial charge on any atom is 0.306 e. The predicted molar refractivity (Wildman–Crippen MR) is 116 cm³/mol. The average molecular weight is 413 g/mol. The number of amides is 2. The highest BCUT2D eigenvalue weighted by Crippen LogP contribution is 2.18. The number of nitrogens with zero attached hydrogens (tertiary/aromatic N) is 1. The van der Waals surface area contributed by atoms with Crippen LogP contribution in [0.25, 0.3) is 0 Å². The Kier molecular flexibility index (Phi) is 8.29. The second kappa shape index (κ2) is 10.9. The first-order valence-electron chi connectivity index (χ1n) is 9.09. The third kappa shape index (κ3) is 6.69. The molecule has 0 aliphatic heterocycles. The Morgan fingerprint density at radius 3 is 2.24 bits per heavy atom. The molecule has 0 spiro atoms. The van der Waals surface area contributed by atoms with Crippen LogP contribution >= 0.6 is 12.2 Å². The third-order valence-electron chi connectivity index (χ3n) is 4.06. The summed E-state index contributed by atoms with van der Waals surface area (Å²) in [5, 5.41) is 5.48. The second-order valence-electron chi connectivity index (χ2n) is 6.04. The number of carbonyl (C=O) groups excluding carboxylic acids is 3. The van der Waals surface area contributed by atoms with Gasteiger partial charge in [0.15, 0.2) is 5.11 Å². The summed E-state index contributed by atoms with van der Waals surface area (Å²) in [5.74, 6) is -0.957. The van der Waals surface area contributed by atoms with E-state index in [0.29, 0.717) is 17.8 Å². The number of para-hydroxylation sites is 1. The topological polar surface area (TPSA) is 87.7 Å². The molecular formula is C21H23N3O4S. The quantitative estimate of drug-likeness (QED) is 0.536. The van der Waals surface area contributed by atoms with Gasteiger partial charge in [-0.3, -0.25) is 14.4 Å². The molecule has 8 heteroatoms. The van der Waals surface area contributed by atoms with Crippen molar-refractivity contribution >= 4 is 46.5 Å². The minimum Gasteiger partial charge on any atom is -0.469 e. The Bertz CT molecular complexity index is 869. The molecule has 0 unspecified atom stereocenters. The van der Waals surface area contributed by atoms with Gasteiger partial charge in [0.05, 0.1) is 13.5 Å². The molecule has 152 valence electrons. The number of ether oxygens (including phenoxy) is 1. The summed E-state index contributed by atoms with van der Waals surface area (Å²) in [7, 11) is 1.26. The molecule has 2 aromatic carbocycles. The summed E-state index contributed by atoms with van der Waals surface area (Å²) in [4.78, 5) is 37.3. The molecule has 0 saturated carbocycles. The van der Waals surface area contributed by atoms with Gasteiger partial charge in [0, 0.05) is 29.9 Å². The van der Waals surface area contributed by atoms with Crippen LogP contribution in [0, 0.1) is 0 Å². The fourth-order valence-electron chi connectivity index (χ4n) is 2.57. The molecule has 0 bridgehead atoms. The number of nitrogens with one attached hydrogen (secondary N) is 2. The van der Waals surface area contributed by atoms with Crippen molar-refractivity contribution < 1.29 is 19.1 Å². The summed E-state index contributed by atoms with van der Waals surface area (Å²) < 4.78 is 4.49. The molecular weight excluding hydrogens is 390 g/mol. The fraction of sp³-hybridized carbons (Fsp3) is 0.238. The zero-order valence-corrected chi connectivity index (χ0v) is 17.1. The van der Waals surface area contributed by atoms with E-state index in [1.54, 1.807) is 29.2 Å². The van der Waals surface area contributed by atoms with Gasteiger partial charge in [0.1, 0.15) is 0 Å². The Balaban J connectivity index is 1.94. The number of hydrogen-bond donors (Lipinski definition) is 2. The lowest BCUT2D eigenvalue weighted by Gasteiger charge is -2.21. The Hall–Kier alpha value is -3.26. The molecule has 2 rings (SSSR count).